The van der Waals surface area contributed by atoms with Crippen molar-refractivity contribution in [3.8, 4) is 0 Å². The molecular weight excluding hydrogens is 480 g/mol. The average Bonchev–Trinajstić information content (AvgIpc) is 2.49. The van der Waals surface area contributed by atoms with Gasteiger partial charge in [-0.05, 0) is 25.7 Å². The Labute approximate surface area is 273 Å². The van der Waals surface area contributed by atoms with E-state index in [1.165, 1.54) is 0 Å². The number of carbonyl (C=O) groups excluding carboxylic acids is 4. The van der Waals surface area contributed by atoms with E-state index in [0.29, 0.717) is 0 Å². The molecule has 2 unspecified atom stereocenters. The van der Waals surface area contributed by atoms with Crippen LogP contribution < -0.4 is 150 Å². The zero-order chi connectivity index (χ0) is 23.4. The normalized spacial score (nSPS) is 9.38. The fraction of sp³-hybridized carbons (Fsp3) is 0.571. The maximum Gasteiger partial charge on any atom is 1.00 e. The van der Waals surface area contributed by atoms with Gasteiger partial charge in [-0.25, -0.2) is 0 Å². The Kier molecular flexibility index (Phi) is 61.1. The molecule has 6 N–H and O–H groups in total. The standard InChI is InChI=1S/2C5H9NO4.2C2H4O2.4Na/c2*6-3(5(9)10)1-2-4(7)8;2*1-2(3)4;;;;/h2*3H,1-2,6H2,(H,7,8)(H,9,10);2*1H3,(H,3,4);;;;/q;;;;4*+1/p-4. The van der Waals surface area contributed by atoms with Crippen molar-refractivity contribution in [1.82, 2.24) is 0 Å². The van der Waals surface area contributed by atoms with Gasteiger partial charge in [0.15, 0.2) is 0 Å². The molecule has 0 saturated heterocycles. The van der Waals surface area contributed by atoms with Crippen LogP contribution in [-0.4, -0.2) is 58.1 Å². The molecule has 0 aliphatic carbocycles. The number of carbonyl (C=O) groups is 6. The molecule has 0 spiro atoms. The molecule has 0 rings (SSSR count). The summed E-state index contributed by atoms with van der Waals surface area (Å²) in [6, 6.07) is -2.42. The van der Waals surface area contributed by atoms with Crippen LogP contribution in [0.2, 0.25) is 0 Å². The largest absolute Gasteiger partial charge is 1.00 e. The van der Waals surface area contributed by atoms with Crippen molar-refractivity contribution in [2.24, 2.45) is 11.5 Å². The molecule has 0 aromatic heterocycles. The van der Waals surface area contributed by atoms with Crippen LogP contribution in [-0.2, 0) is 28.8 Å². The monoisotopic (exact) mass is 502 g/mol. The summed E-state index contributed by atoms with van der Waals surface area (Å²) in [6.45, 7) is 2.17. The van der Waals surface area contributed by atoms with Gasteiger partial charge in [-0.2, -0.15) is 0 Å². The Morgan fingerprint density at radius 2 is 0.781 bits per heavy atom. The number of aliphatic carboxylic acids is 6. The predicted molar refractivity (Wildman–Crippen MR) is 81.1 cm³/mol. The number of nitrogens with two attached hydrogens (primary N) is 2. The Hall–Kier alpha value is 0.740. The summed E-state index contributed by atoms with van der Waals surface area (Å²) in [5.41, 5.74) is 9.82. The zero-order valence-corrected chi connectivity index (χ0v) is 27.1. The van der Waals surface area contributed by atoms with E-state index in [1.807, 2.05) is 0 Å². The number of rotatable bonds is 8. The Morgan fingerprint density at radius 1 is 0.625 bits per heavy atom. The van der Waals surface area contributed by atoms with Gasteiger partial charge in [-0.3, -0.25) is 9.59 Å². The second-order valence-corrected chi connectivity index (χ2v) is 4.71. The van der Waals surface area contributed by atoms with Crippen molar-refractivity contribution in [3.05, 3.63) is 0 Å². The maximum atomic E-state index is 9.86. The molecular formula is C14H22N2Na4O12. The third kappa shape index (κ3) is 77.4. The summed E-state index contributed by atoms with van der Waals surface area (Å²) in [5.74, 6) is -7.17. The summed E-state index contributed by atoms with van der Waals surface area (Å²) in [5, 5.41) is 54.1. The Bertz CT molecular complexity index is 484. The Morgan fingerprint density at radius 3 is 0.875 bits per heavy atom. The van der Waals surface area contributed by atoms with Crippen LogP contribution in [0.4, 0.5) is 0 Å². The van der Waals surface area contributed by atoms with E-state index in [-0.39, 0.29) is 144 Å². The summed E-state index contributed by atoms with van der Waals surface area (Å²) >= 11 is 0. The fourth-order valence-electron chi connectivity index (χ4n) is 0.782. The van der Waals surface area contributed by atoms with Gasteiger partial charge in [0.05, 0.1) is 11.9 Å². The zero-order valence-electron chi connectivity index (χ0n) is 19.1. The first-order valence-corrected chi connectivity index (χ1v) is 7.26. The summed E-state index contributed by atoms with van der Waals surface area (Å²) < 4.78 is 0. The number of carboxylic acid groups (broad SMARTS) is 6. The molecule has 2 atom stereocenters. The van der Waals surface area contributed by atoms with Crippen LogP contribution in [0.1, 0.15) is 39.5 Å². The smallest absolute Gasteiger partial charge is 0.550 e. The van der Waals surface area contributed by atoms with Gasteiger partial charge in [-0.1, -0.05) is 0 Å². The van der Waals surface area contributed by atoms with Crippen LogP contribution >= 0.6 is 0 Å². The van der Waals surface area contributed by atoms with Crippen molar-refractivity contribution in [1.29, 1.82) is 0 Å². The number of carboxylic acids is 6. The first-order valence-electron chi connectivity index (χ1n) is 7.26. The predicted octanol–water partition coefficient (Wildman–Crippen LogP) is -18.6. The quantitative estimate of drug-likeness (QED) is 0.224. The second kappa shape index (κ2) is 36.3. The first kappa shape index (κ1) is 53.9. The Balaban J connectivity index is -0.0000000413. The molecule has 0 fully saturated rings. The van der Waals surface area contributed by atoms with E-state index >= 15 is 0 Å². The molecule has 0 bridgehead atoms. The van der Waals surface area contributed by atoms with Crippen LogP contribution in [0.25, 0.3) is 0 Å². The topological polar surface area (TPSA) is 287 Å². The second-order valence-electron chi connectivity index (χ2n) is 4.71. The van der Waals surface area contributed by atoms with Crippen molar-refractivity contribution >= 4 is 35.8 Å². The van der Waals surface area contributed by atoms with Gasteiger partial charge < -0.3 is 61.3 Å². The molecule has 0 aliphatic heterocycles. The SMILES string of the molecule is CC(=O)O.CC(=O)O.NC(CCC(=O)[O-])C(=O)[O-].NC(CCC(=O)[O-])C(=O)[O-].[Na+].[Na+].[Na+].[Na+]. The van der Waals surface area contributed by atoms with Crippen LogP contribution in [0.5, 0.6) is 0 Å². The molecule has 0 aliphatic rings. The van der Waals surface area contributed by atoms with E-state index in [4.69, 9.17) is 31.3 Å². The minimum absolute atomic E-state index is 0. The molecule has 0 aromatic rings. The molecule has 32 heavy (non-hydrogen) atoms. The van der Waals surface area contributed by atoms with Gasteiger partial charge in [0, 0.05) is 37.9 Å². The molecule has 18 heteroatoms. The van der Waals surface area contributed by atoms with Crippen LogP contribution in [0.15, 0.2) is 0 Å². The number of hydrogen-bond acceptors (Lipinski definition) is 12. The third-order valence-corrected chi connectivity index (χ3v) is 1.92. The molecule has 0 amide bonds. The summed E-state index contributed by atoms with van der Waals surface area (Å²) in [4.78, 5) is 57.2. The van der Waals surface area contributed by atoms with E-state index < -0.39 is 47.9 Å². The van der Waals surface area contributed by atoms with Gasteiger partial charge in [0.2, 0.25) is 0 Å². The van der Waals surface area contributed by atoms with Crippen molar-refractivity contribution in [2.75, 3.05) is 0 Å². The average molecular weight is 502 g/mol. The van der Waals surface area contributed by atoms with Crippen LogP contribution in [0.3, 0.4) is 0 Å². The van der Waals surface area contributed by atoms with Crippen molar-refractivity contribution in [3.63, 3.8) is 0 Å². The molecule has 0 heterocycles. The molecule has 14 nitrogen and oxygen atoms in total. The summed E-state index contributed by atoms with van der Waals surface area (Å²) in [7, 11) is 0. The first-order chi connectivity index (χ1) is 12.5. The van der Waals surface area contributed by atoms with Gasteiger partial charge in [0.25, 0.3) is 11.9 Å². The van der Waals surface area contributed by atoms with E-state index in [9.17, 15) is 39.6 Å². The maximum absolute atomic E-state index is 9.86. The van der Waals surface area contributed by atoms with Crippen molar-refractivity contribution < 1.29 is 178 Å². The van der Waals surface area contributed by atoms with Crippen molar-refractivity contribution in [2.45, 2.75) is 51.6 Å². The van der Waals surface area contributed by atoms with E-state index in [2.05, 4.69) is 0 Å². The molecule has 0 radical (unpaired) electrons. The van der Waals surface area contributed by atoms with E-state index in [0.717, 1.165) is 13.8 Å². The van der Waals surface area contributed by atoms with E-state index in [1.54, 1.807) is 0 Å². The summed E-state index contributed by atoms with van der Waals surface area (Å²) in [6.07, 6.45) is -1.00. The third-order valence-electron chi connectivity index (χ3n) is 1.92. The van der Waals surface area contributed by atoms with Gasteiger partial charge in [0.1, 0.15) is 0 Å². The van der Waals surface area contributed by atoms with Gasteiger partial charge >= 0.3 is 118 Å². The molecule has 0 aromatic carbocycles. The molecule has 0 saturated carbocycles. The molecule has 164 valence electrons. The van der Waals surface area contributed by atoms with Gasteiger partial charge in [-0.15, -0.1) is 0 Å². The fourth-order valence-corrected chi connectivity index (χ4v) is 0.782. The minimum atomic E-state index is -1.44. The minimum Gasteiger partial charge on any atom is -0.550 e. The van der Waals surface area contributed by atoms with Crippen LogP contribution in [0, 0.1) is 0 Å². The number of hydrogen-bond donors (Lipinski definition) is 4.